The summed E-state index contributed by atoms with van der Waals surface area (Å²) in [5.41, 5.74) is 2.03. The zero-order valence-corrected chi connectivity index (χ0v) is 7.20. The van der Waals surface area contributed by atoms with Crippen LogP contribution >= 0.6 is 0 Å². The predicted octanol–water partition coefficient (Wildman–Crippen LogP) is 2.67. The van der Waals surface area contributed by atoms with Crippen molar-refractivity contribution in [2.24, 2.45) is 5.92 Å². The highest BCUT2D eigenvalue weighted by Gasteiger charge is 2.01. The van der Waals surface area contributed by atoms with Gasteiger partial charge in [0.1, 0.15) is 0 Å². The molecular formula is C9H17N. The standard InChI is InChI=1S/C9H17N/c1-6-8(4)9(5)10-7(2)3/h8,10H,2,5-6H2,1,3-4H3. The number of allylic oxidation sites excluding steroid dienone is 2. The van der Waals surface area contributed by atoms with Crippen molar-refractivity contribution in [3.63, 3.8) is 0 Å². The first-order valence-corrected chi connectivity index (χ1v) is 3.69. The highest BCUT2D eigenvalue weighted by atomic mass is 14.9. The van der Waals surface area contributed by atoms with Crippen LogP contribution in [0.4, 0.5) is 0 Å². The zero-order chi connectivity index (χ0) is 8.15. The van der Waals surface area contributed by atoms with Crippen LogP contribution < -0.4 is 5.32 Å². The fourth-order valence-electron chi connectivity index (χ4n) is 0.644. The molecule has 0 fully saturated rings. The zero-order valence-electron chi connectivity index (χ0n) is 7.20. The molecule has 0 rings (SSSR count). The van der Waals surface area contributed by atoms with E-state index in [1.165, 1.54) is 0 Å². The molecule has 0 heterocycles. The minimum absolute atomic E-state index is 0.539. The summed E-state index contributed by atoms with van der Waals surface area (Å²) in [5.74, 6) is 0.539. The molecule has 0 aromatic rings. The van der Waals surface area contributed by atoms with Gasteiger partial charge in [-0.2, -0.15) is 0 Å². The normalized spacial score (nSPS) is 12.3. The molecule has 58 valence electrons. The van der Waals surface area contributed by atoms with Crippen molar-refractivity contribution in [2.45, 2.75) is 27.2 Å². The third-order valence-electron chi connectivity index (χ3n) is 1.58. The van der Waals surface area contributed by atoms with Gasteiger partial charge in [0.15, 0.2) is 0 Å². The summed E-state index contributed by atoms with van der Waals surface area (Å²) in [5, 5.41) is 3.10. The molecule has 0 bridgehead atoms. The second-order valence-corrected chi connectivity index (χ2v) is 2.74. The second-order valence-electron chi connectivity index (χ2n) is 2.74. The van der Waals surface area contributed by atoms with E-state index < -0.39 is 0 Å². The van der Waals surface area contributed by atoms with Gasteiger partial charge in [0.2, 0.25) is 0 Å². The quantitative estimate of drug-likeness (QED) is 0.631. The molecule has 0 amide bonds. The lowest BCUT2D eigenvalue weighted by atomic mass is 10.1. The molecule has 1 atom stereocenters. The molecule has 0 aliphatic rings. The first-order chi connectivity index (χ1) is 4.57. The Morgan fingerprint density at radius 3 is 2.30 bits per heavy atom. The van der Waals surface area contributed by atoms with Crippen LogP contribution in [0.15, 0.2) is 24.6 Å². The van der Waals surface area contributed by atoms with Gasteiger partial charge in [-0.05, 0) is 19.3 Å². The fraction of sp³-hybridized carbons (Fsp3) is 0.556. The molecule has 0 saturated carbocycles. The van der Waals surface area contributed by atoms with Crippen LogP contribution in [0.5, 0.6) is 0 Å². The van der Waals surface area contributed by atoms with E-state index in [1.54, 1.807) is 0 Å². The number of hydrogen-bond donors (Lipinski definition) is 1. The van der Waals surface area contributed by atoms with Crippen molar-refractivity contribution in [1.82, 2.24) is 5.32 Å². The Bertz CT molecular complexity index is 136. The van der Waals surface area contributed by atoms with E-state index in [0.29, 0.717) is 5.92 Å². The monoisotopic (exact) mass is 139 g/mol. The Labute approximate surface area is 63.8 Å². The largest absolute Gasteiger partial charge is 0.363 e. The lowest BCUT2D eigenvalue weighted by molar-refractivity contribution is 0.617. The fourth-order valence-corrected chi connectivity index (χ4v) is 0.644. The minimum atomic E-state index is 0.539. The van der Waals surface area contributed by atoms with Crippen LogP contribution in [-0.4, -0.2) is 0 Å². The molecule has 0 aliphatic heterocycles. The Kier molecular flexibility index (Phi) is 3.85. The Hall–Kier alpha value is -0.720. The van der Waals surface area contributed by atoms with Crippen molar-refractivity contribution < 1.29 is 0 Å². The number of hydrogen-bond acceptors (Lipinski definition) is 1. The molecule has 0 aromatic carbocycles. The molecule has 1 nitrogen and oxygen atoms in total. The molecule has 0 aromatic heterocycles. The molecule has 0 saturated heterocycles. The highest BCUT2D eigenvalue weighted by molar-refractivity contribution is 5.04. The minimum Gasteiger partial charge on any atom is -0.363 e. The highest BCUT2D eigenvalue weighted by Crippen LogP contribution is 2.09. The maximum atomic E-state index is 3.89. The van der Waals surface area contributed by atoms with Gasteiger partial charge in [-0.1, -0.05) is 27.0 Å². The summed E-state index contributed by atoms with van der Waals surface area (Å²) in [6, 6.07) is 0. The molecule has 0 radical (unpaired) electrons. The van der Waals surface area contributed by atoms with E-state index in [0.717, 1.165) is 17.8 Å². The first kappa shape index (κ1) is 9.28. The van der Waals surface area contributed by atoms with Gasteiger partial charge in [-0.15, -0.1) is 0 Å². The Morgan fingerprint density at radius 1 is 1.50 bits per heavy atom. The molecule has 1 heteroatoms. The van der Waals surface area contributed by atoms with E-state index in [4.69, 9.17) is 0 Å². The Morgan fingerprint density at radius 2 is 2.00 bits per heavy atom. The lowest BCUT2D eigenvalue weighted by Gasteiger charge is -2.14. The van der Waals surface area contributed by atoms with Crippen LogP contribution in [0.3, 0.4) is 0 Å². The number of nitrogens with one attached hydrogen (secondary N) is 1. The topological polar surface area (TPSA) is 12.0 Å². The van der Waals surface area contributed by atoms with Crippen molar-refractivity contribution >= 4 is 0 Å². The van der Waals surface area contributed by atoms with Gasteiger partial charge in [-0.25, -0.2) is 0 Å². The van der Waals surface area contributed by atoms with E-state index in [-0.39, 0.29) is 0 Å². The second kappa shape index (κ2) is 4.15. The summed E-state index contributed by atoms with van der Waals surface area (Å²) in [6.45, 7) is 13.9. The average Bonchev–Trinajstić information content (AvgIpc) is 1.85. The Balaban J connectivity index is 3.73. The van der Waals surface area contributed by atoms with Crippen LogP contribution in [0.1, 0.15) is 27.2 Å². The van der Waals surface area contributed by atoms with Gasteiger partial charge >= 0.3 is 0 Å². The summed E-state index contributed by atoms with van der Waals surface area (Å²) in [6.07, 6.45) is 1.12. The van der Waals surface area contributed by atoms with Gasteiger partial charge < -0.3 is 5.32 Å². The van der Waals surface area contributed by atoms with E-state index in [1.807, 2.05) is 6.92 Å². The van der Waals surface area contributed by atoms with E-state index in [9.17, 15) is 0 Å². The van der Waals surface area contributed by atoms with Gasteiger partial charge in [0.05, 0.1) is 0 Å². The van der Waals surface area contributed by atoms with Crippen LogP contribution in [-0.2, 0) is 0 Å². The van der Waals surface area contributed by atoms with Crippen LogP contribution in [0, 0.1) is 5.92 Å². The SMILES string of the molecule is C=C(C)NC(=C)C(C)CC. The van der Waals surface area contributed by atoms with Gasteiger partial charge in [-0.3, -0.25) is 0 Å². The molecule has 10 heavy (non-hydrogen) atoms. The summed E-state index contributed by atoms with van der Waals surface area (Å²) >= 11 is 0. The maximum Gasteiger partial charge on any atom is 0.0104 e. The third kappa shape index (κ3) is 3.33. The maximum absolute atomic E-state index is 3.89. The van der Waals surface area contributed by atoms with Gasteiger partial charge in [0, 0.05) is 11.4 Å². The van der Waals surface area contributed by atoms with E-state index in [2.05, 4.69) is 32.3 Å². The smallest absolute Gasteiger partial charge is 0.0104 e. The van der Waals surface area contributed by atoms with Crippen molar-refractivity contribution in [3.8, 4) is 0 Å². The summed E-state index contributed by atoms with van der Waals surface area (Å²) in [4.78, 5) is 0. The third-order valence-corrected chi connectivity index (χ3v) is 1.58. The predicted molar refractivity (Wildman–Crippen MR) is 46.5 cm³/mol. The van der Waals surface area contributed by atoms with E-state index >= 15 is 0 Å². The molecule has 0 spiro atoms. The van der Waals surface area contributed by atoms with Crippen LogP contribution in [0.2, 0.25) is 0 Å². The van der Waals surface area contributed by atoms with Crippen LogP contribution in [0.25, 0.3) is 0 Å². The molecule has 1 unspecified atom stereocenters. The summed E-state index contributed by atoms with van der Waals surface area (Å²) in [7, 11) is 0. The first-order valence-electron chi connectivity index (χ1n) is 3.69. The number of rotatable bonds is 4. The summed E-state index contributed by atoms with van der Waals surface area (Å²) < 4.78 is 0. The van der Waals surface area contributed by atoms with Crippen molar-refractivity contribution in [2.75, 3.05) is 0 Å². The molecule has 1 N–H and O–H groups in total. The molecular weight excluding hydrogens is 122 g/mol. The average molecular weight is 139 g/mol. The van der Waals surface area contributed by atoms with Crippen molar-refractivity contribution in [1.29, 1.82) is 0 Å². The molecule has 0 aliphatic carbocycles. The van der Waals surface area contributed by atoms with Crippen molar-refractivity contribution in [3.05, 3.63) is 24.6 Å². The lowest BCUT2D eigenvalue weighted by Crippen LogP contribution is -2.14. The van der Waals surface area contributed by atoms with Gasteiger partial charge in [0.25, 0.3) is 0 Å².